The first-order valence-electron chi connectivity index (χ1n) is 5.29. The van der Waals surface area contributed by atoms with Crippen LogP contribution in [0.3, 0.4) is 0 Å². The first kappa shape index (κ1) is 12.9. The predicted octanol–water partition coefficient (Wildman–Crippen LogP) is 3.48. The van der Waals surface area contributed by atoms with E-state index in [2.05, 4.69) is 17.9 Å². The minimum atomic E-state index is -0.327. The molecule has 0 aromatic heterocycles. The Morgan fingerprint density at radius 2 is 2.06 bits per heavy atom. The molecule has 17 heavy (non-hydrogen) atoms. The second kappa shape index (κ2) is 4.96. The molecule has 0 saturated carbocycles. The van der Waals surface area contributed by atoms with Crippen molar-refractivity contribution < 1.29 is 4.79 Å². The molecule has 0 aliphatic carbocycles. The number of anilines is 1. The normalized spacial score (nSPS) is 18.9. The monoisotopic (exact) mass is 290 g/mol. The molecule has 2 rings (SSSR count). The van der Waals surface area contributed by atoms with E-state index in [1.807, 2.05) is 6.92 Å². The van der Waals surface area contributed by atoms with Crippen molar-refractivity contribution in [2.45, 2.75) is 18.8 Å². The second-order valence-electron chi connectivity index (χ2n) is 3.83. The van der Waals surface area contributed by atoms with Gasteiger partial charge in [0.2, 0.25) is 0 Å². The lowest BCUT2D eigenvalue weighted by molar-refractivity contribution is 0.0741. The van der Waals surface area contributed by atoms with E-state index in [0.29, 0.717) is 27.8 Å². The summed E-state index contributed by atoms with van der Waals surface area (Å²) in [7, 11) is 0. The molecule has 1 atom stereocenters. The number of hydrogen-bond acceptors (Lipinski definition) is 3. The molecule has 0 fully saturated rings. The Morgan fingerprint density at radius 1 is 1.41 bits per heavy atom. The second-order valence-corrected chi connectivity index (χ2v) is 5.13. The van der Waals surface area contributed by atoms with Crippen LogP contribution in [-0.4, -0.2) is 22.8 Å². The van der Waals surface area contributed by atoms with Crippen molar-refractivity contribution in [3.8, 4) is 0 Å². The van der Waals surface area contributed by atoms with Gasteiger partial charge in [0.15, 0.2) is 0 Å². The number of thiol groups is 1. The number of hydrogen-bond donors (Lipinski definition) is 2. The molecule has 1 heterocycles. The molecule has 1 unspecified atom stereocenters. The summed E-state index contributed by atoms with van der Waals surface area (Å²) in [5.74, 6) is -0.0702. The van der Waals surface area contributed by atoms with Gasteiger partial charge in [-0.25, -0.2) is 0 Å². The molecule has 6 heteroatoms. The van der Waals surface area contributed by atoms with Crippen LogP contribution in [0.15, 0.2) is 12.1 Å². The van der Waals surface area contributed by atoms with Crippen LogP contribution in [0.5, 0.6) is 0 Å². The van der Waals surface area contributed by atoms with Crippen molar-refractivity contribution in [2.75, 3.05) is 11.9 Å². The van der Waals surface area contributed by atoms with Crippen LogP contribution in [0.25, 0.3) is 0 Å². The van der Waals surface area contributed by atoms with Gasteiger partial charge in [-0.2, -0.15) is 0 Å². The van der Waals surface area contributed by atoms with Crippen molar-refractivity contribution >= 4 is 47.4 Å². The molecule has 0 bridgehead atoms. The Hall–Kier alpha value is -0.580. The van der Waals surface area contributed by atoms with Crippen molar-refractivity contribution in [1.82, 2.24) is 4.90 Å². The molecule has 1 aromatic carbocycles. The van der Waals surface area contributed by atoms with Gasteiger partial charge in [0.1, 0.15) is 5.50 Å². The zero-order chi connectivity index (χ0) is 12.6. The van der Waals surface area contributed by atoms with Gasteiger partial charge in [-0.1, -0.05) is 30.1 Å². The Labute approximate surface area is 115 Å². The third-order valence-electron chi connectivity index (χ3n) is 2.60. The van der Waals surface area contributed by atoms with Crippen molar-refractivity contribution in [2.24, 2.45) is 0 Å². The molecule has 92 valence electrons. The number of halogens is 2. The summed E-state index contributed by atoms with van der Waals surface area (Å²) in [6, 6.07) is 3.25. The number of fused-ring (bicyclic) bond motifs is 1. The molecule has 1 N–H and O–H groups in total. The molecule has 1 amide bonds. The highest BCUT2D eigenvalue weighted by molar-refractivity contribution is 7.81. The van der Waals surface area contributed by atoms with Crippen molar-refractivity contribution in [3.63, 3.8) is 0 Å². The van der Waals surface area contributed by atoms with E-state index in [9.17, 15) is 4.79 Å². The summed E-state index contributed by atoms with van der Waals surface area (Å²) < 4.78 is 0. The number of nitrogens with one attached hydrogen (secondary N) is 1. The van der Waals surface area contributed by atoms with Gasteiger partial charge in [0.25, 0.3) is 5.91 Å². The lowest BCUT2D eigenvalue weighted by Gasteiger charge is -2.35. The fourth-order valence-electron chi connectivity index (χ4n) is 1.79. The fraction of sp³-hybridized carbons (Fsp3) is 0.364. The topological polar surface area (TPSA) is 32.3 Å². The van der Waals surface area contributed by atoms with Crippen LogP contribution in [0, 0.1) is 0 Å². The standard InChI is InChI=1S/C11H12Cl2N2OS/c1-2-3-15-10(16)6-4-7(12)8(13)5-9(6)14-11(15)17/h4-5,11,14,17H,2-3H2,1H3. The van der Waals surface area contributed by atoms with Crippen LogP contribution in [-0.2, 0) is 0 Å². The first-order valence-corrected chi connectivity index (χ1v) is 6.56. The summed E-state index contributed by atoms with van der Waals surface area (Å²) in [4.78, 5) is 13.9. The molecule has 0 spiro atoms. The van der Waals surface area contributed by atoms with Gasteiger partial charge in [-0.3, -0.25) is 4.79 Å². The average Bonchev–Trinajstić information content (AvgIpc) is 2.28. The van der Waals surface area contributed by atoms with Crippen LogP contribution in [0.4, 0.5) is 5.69 Å². The highest BCUT2D eigenvalue weighted by Crippen LogP contribution is 2.33. The summed E-state index contributed by atoms with van der Waals surface area (Å²) in [5.41, 5.74) is 0.891. The van der Waals surface area contributed by atoms with Gasteiger partial charge in [0, 0.05) is 6.54 Å². The predicted molar refractivity (Wildman–Crippen MR) is 74.2 cm³/mol. The van der Waals surface area contributed by atoms with Gasteiger partial charge in [-0.15, -0.1) is 12.6 Å². The molecule has 0 radical (unpaired) electrons. The van der Waals surface area contributed by atoms with Gasteiger partial charge in [-0.05, 0) is 18.6 Å². The van der Waals surface area contributed by atoms with E-state index in [1.165, 1.54) is 0 Å². The number of benzene rings is 1. The summed E-state index contributed by atoms with van der Waals surface area (Å²) in [6.07, 6.45) is 0.876. The van der Waals surface area contributed by atoms with Gasteiger partial charge >= 0.3 is 0 Å². The molecule has 3 nitrogen and oxygen atoms in total. The SMILES string of the molecule is CCCN1C(=O)c2cc(Cl)c(Cl)cc2NC1S. The summed E-state index contributed by atoms with van der Waals surface area (Å²) in [6.45, 7) is 2.66. The first-order chi connectivity index (χ1) is 8.04. The molecule has 1 aliphatic heterocycles. The molecule has 0 saturated heterocycles. The van der Waals surface area contributed by atoms with E-state index in [4.69, 9.17) is 23.2 Å². The summed E-state index contributed by atoms with van der Waals surface area (Å²) >= 11 is 16.2. The van der Waals surface area contributed by atoms with E-state index in [1.54, 1.807) is 17.0 Å². The number of carbonyl (C=O) groups is 1. The highest BCUT2D eigenvalue weighted by atomic mass is 35.5. The molecular formula is C11H12Cl2N2OS. The van der Waals surface area contributed by atoms with E-state index in [0.717, 1.165) is 6.42 Å². The largest absolute Gasteiger partial charge is 0.356 e. The number of amides is 1. The number of rotatable bonds is 2. The summed E-state index contributed by atoms with van der Waals surface area (Å²) in [5, 5.41) is 3.93. The Bertz CT molecular complexity index is 467. The quantitative estimate of drug-likeness (QED) is 0.818. The van der Waals surface area contributed by atoms with Crippen molar-refractivity contribution in [3.05, 3.63) is 27.7 Å². The average molecular weight is 291 g/mol. The molecular weight excluding hydrogens is 279 g/mol. The highest BCUT2D eigenvalue weighted by Gasteiger charge is 2.29. The lowest BCUT2D eigenvalue weighted by atomic mass is 10.1. The van der Waals surface area contributed by atoms with Gasteiger partial charge in [0.05, 0.1) is 21.3 Å². The van der Waals surface area contributed by atoms with Crippen LogP contribution < -0.4 is 5.32 Å². The molecule has 1 aliphatic rings. The van der Waals surface area contributed by atoms with Crippen LogP contribution in [0.1, 0.15) is 23.7 Å². The fourth-order valence-corrected chi connectivity index (χ4v) is 2.48. The minimum Gasteiger partial charge on any atom is -0.356 e. The minimum absolute atomic E-state index is 0.0702. The Kier molecular flexibility index (Phi) is 3.76. The van der Waals surface area contributed by atoms with Crippen LogP contribution in [0.2, 0.25) is 10.0 Å². The number of carbonyl (C=O) groups excluding carboxylic acids is 1. The maximum atomic E-state index is 12.2. The zero-order valence-corrected chi connectivity index (χ0v) is 11.6. The van der Waals surface area contributed by atoms with Crippen molar-refractivity contribution in [1.29, 1.82) is 0 Å². The third-order valence-corrected chi connectivity index (χ3v) is 3.73. The van der Waals surface area contributed by atoms with Crippen LogP contribution >= 0.6 is 35.8 Å². The van der Waals surface area contributed by atoms with E-state index < -0.39 is 0 Å². The Balaban J connectivity index is 2.43. The third kappa shape index (κ3) is 2.34. The maximum Gasteiger partial charge on any atom is 0.258 e. The van der Waals surface area contributed by atoms with Gasteiger partial charge < -0.3 is 10.2 Å². The molecule has 1 aromatic rings. The zero-order valence-electron chi connectivity index (χ0n) is 9.20. The van der Waals surface area contributed by atoms with E-state index in [-0.39, 0.29) is 11.4 Å². The van der Waals surface area contributed by atoms with E-state index >= 15 is 0 Å². The maximum absolute atomic E-state index is 12.2. The lowest BCUT2D eigenvalue weighted by Crippen LogP contribution is -2.46. The smallest absolute Gasteiger partial charge is 0.258 e. The number of nitrogens with zero attached hydrogens (tertiary/aromatic N) is 1. The Morgan fingerprint density at radius 3 is 2.71 bits per heavy atom.